The van der Waals surface area contributed by atoms with Crippen LogP contribution in [-0.2, 0) is 9.59 Å². The van der Waals surface area contributed by atoms with Gasteiger partial charge in [0.1, 0.15) is 10.8 Å². The molecule has 1 amide bonds. The third-order valence-corrected chi connectivity index (χ3v) is 7.16. The van der Waals surface area contributed by atoms with Gasteiger partial charge in [-0.25, -0.2) is 0 Å². The minimum absolute atomic E-state index is 0.113. The number of benzene rings is 1. The van der Waals surface area contributed by atoms with Crippen molar-refractivity contribution >= 4 is 33.3 Å². The number of amides is 1. The summed E-state index contributed by atoms with van der Waals surface area (Å²) in [6.07, 6.45) is 0.217. The molecule has 0 aromatic heterocycles. The number of carbonyl (C=O) groups excluding carboxylic acids is 2. The normalized spacial score (nSPS) is 45.5. The Morgan fingerprint density at radius 2 is 1.67 bits per heavy atom. The first-order valence-electron chi connectivity index (χ1n) is 8.65. The molecule has 0 spiro atoms. The number of fused-ring (bicyclic) bond motifs is 1. The molecule has 3 N–H and O–H groups in total. The van der Waals surface area contributed by atoms with E-state index >= 15 is 0 Å². The summed E-state index contributed by atoms with van der Waals surface area (Å²) in [7, 11) is 0. The number of anilines is 1. The number of halogens is 1. The molecule has 4 bridgehead atoms. The number of quaternary nitrogens is 2. The van der Waals surface area contributed by atoms with E-state index in [1.165, 1.54) is 9.80 Å². The average Bonchev–Trinajstić information content (AvgIpc) is 2.79. The minimum atomic E-state index is -0.221. The Labute approximate surface area is 149 Å². The number of piperidine rings is 2. The van der Waals surface area contributed by atoms with Crippen molar-refractivity contribution in [3.8, 4) is 0 Å². The average molecular weight is 392 g/mol. The van der Waals surface area contributed by atoms with Crippen LogP contribution in [0.2, 0.25) is 0 Å². The van der Waals surface area contributed by atoms with E-state index in [9.17, 15) is 9.59 Å². The zero-order valence-corrected chi connectivity index (χ0v) is 15.5. The lowest BCUT2D eigenvalue weighted by Crippen LogP contribution is -3.45. The Hall–Kier alpha value is -1.24. The predicted molar refractivity (Wildman–Crippen MR) is 91.9 cm³/mol. The van der Waals surface area contributed by atoms with Crippen molar-refractivity contribution in [3.05, 3.63) is 28.2 Å². The second-order valence-corrected chi connectivity index (χ2v) is 9.57. The van der Waals surface area contributed by atoms with Crippen molar-refractivity contribution in [2.45, 2.75) is 25.9 Å². The topological polar surface area (TPSA) is 55.1 Å². The second kappa shape index (κ2) is 4.48. The molecular formula is C18H22BrN3O2+2. The van der Waals surface area contributed by atoms with Crippen molar-refractivity contribution in [2.24, 2.45) is 10.8 Å². The van der Waals surface area contributed by atoms with E-state index in [2.05, 4.69) is 41.2 Å². The van der Waals surface area contributed by atoms with Gasteiger partial charge in [-0.1, -0.05) is 15.9 Å². The van der Waals surface area contributed by atoms with Crippen molar-refractivity contribution in [1.82, 2.24) is 0 Å². The lowest BCUT2D eigenvalue weighted by Gasteiger charge is -2.59. The molecule has 5 aliphatic heterocycles. The van der Waals surface area contributed by atoms with Gasteiger partial charge >= 0.3 is 0 Å². The largest absolute Gasteiger partial charge is 0.325 e. The molecule has 0 radical (unpaired) electrons. The van der Waals surface area contributed by atoms with Crippen LogP contribution in [0, 0.1) is 10.8 Å². The van der Waals surface area contributed by atoms with Crippen LogP contribution in [0.1, 0.15) is 25.3 Å². The van der Waals surface area contributed by atoms with Crippen molar-refractivity contribution in [3.63, 3.8) is 0 Å². The Morgan fingerprint density at radius 1 is 1.08 bits per heavy atom. The summed E-state index contributed by atoms with van der Waals surface area (Å²) in [4.78, 5) is 28.5. The predicted octanol–water partition coefficient (Wildman–Crippen LogP) is -0.797. The maximum atomic E-state index is 12.8. The molecule has 1 aromatic rings. The molecule has 1 atom stereocenters. The van der Waals surface area contributed by atoms with Gasteiger partial charge in [0.15, 0.2) is 11.7 Å². The highest BCUT2D eigenvalue weighted by Gasteiger charge is 2.70. The van der Waals surface area contributed by atoms with Gasteiger partial charge in [0, 0.05) is 15.7 Å². The fraction of sp³-hybridized carbons (Fsp3) is 0.556. The molecule has 0 aliphatic carbocycles. The monoisotopic (exact) mass is 391 g/mol. The fourth-order valence-electron chi connectivity index (χ4n) is 6.09. The van der Waals surface area contributed by atoms with E-state index in [1.807, 2.05) is 12.1 Å². The molecular weight excluding hydrogens is 370 g/mol. The van der Waals surface area contributed by atoms with Crippen LogP contribution in [0.3, 0.4) is 0 Å². The zero-order chi connectivity index (χ0) is 16.9. The van der Waals surface area contributed by atoms with Gasteiger partial charge < -0.3 is 5.32 Å². The first-order valence-corrected chi connectivity index (χ1v) is 9.44. The lowest BCUT2D eigenvalue weighted by molar-refractivity contribution is -1.17. The smallest absolute Gasteiger partial charge is 0.244 e. The Kier molecular flexibility index (Phi) is 2.81. The summed E-state index contributed by atoms with van der Waals surface area (Å²) in [6.45, 7) is 7.71. The zero-order valence-electron chi connectivity index (χ0n) is 13.9. The lowest BCUT2D eigenvalue weighted by atomic mass is 9.61. The molecule has 0 saturated carbocycles. The first kappa shape index (κ1) is 15.0. The first-order chi connectivity index (χ1) is 11.3. The number of rotatable bonds is 1. The SMILES string of the molecule is CC12C[NH+]3CC(C)(C[NH+](C1)C3[C@H]1C(=O)Nc3ccc(Br)cc31)C2=O. The van der Waals surface area contributed by atoms with Gasteiger partial charge in [-0.2, -0.15) is 0 Å². The van der Waals surface area contributed by atoms with Crippen LogP contribution < -0.4 is 15.1 Å². The third-order valence-electron chi connectivity index (χ3n) is 6.67. The highest BCUT2D eigenvalue weighted by Crippen LogP contribution is 2.39. The highest BCUT2D eigenvalue weighted by atomic mass is 79.9. The minimum Gasteiger partial charge on any atom is -0.325 e. The van der Waals surface area contributed by atoms with Crippen LogP contribution in [-0.4, -0.2) is 44.0 Å². The van der Waals surface area contributed by atoms with E-state index in [4.69, 9.17) is 0 Å². The van der Waals surface area contributed by atoms with Crippen LogP contribution in [0.25, 0.3) is 0 Å². The number of Topliss-reactive ketones (excluding diaryl/α,β-unsaturated/α-hetero) is 1. The number of ketones is 1. The summed E-state index contributed by atoms with van der Waals surface area (Å²) >= 11 is 3.54. The summed E-state index contributed by atoms with van der Waals surface area (Å²) in [5.41, 5.74) is 1.61. The maximum Gasteiger partial charge on any atom is 0.244 e. The Balaban J connectivity index is 1.58. The van der Waals surface area contributed by atoms with E-state index in [1.54, 1.807) is 0 Å². The molecule has 4 fully saturated rings. The van der Waals surface area contributed by atoms with Crippen LogP contribution in [0.15, 0.2) is 22.7 Å². The summed E-state index contributed by atoms with van der Waals surface area (Å²) in [6, 6.07) is 6.03. The molecule has 1 aromatic carbocycles. The van der Waals surface area contributed by atoms with Gasteiger partial charge in [-0.3, -0.25) is 19.4 Å². The molecule has 5 nitrogen and oxygen atoms in total. The standard InChI is InChI=1S/C18H20BrN3O2/c1-17-6-21-8-18(2,16(17)24)9-22(7-17)15(21)13-11-5-10(19)3-4-12(11)20-14(13)23/h3-5,13,15H,6-9H2,1-2H3,(H,20,23)/p+2/t13-,15?,17?,18?/m1/s1. The summed E-state index contributed by atoms with van der Waals surface area (Å²) < 4.78 is 1.01. The van der Waals surface area contributed by atoms with Crippen LogP contribution in [0.4, 0.5) is 5.69 Å². The molecule has 24 heavy (non-hydrogen) atoms. The van der Waals surface area contributed by atoms with Crippen molar-refractivity contribution in [2.75, 3.05) is 31.5 Å². The van der Waals surface area contributed by atoms with E-state index in [0.29, 0.717) is 5.78 Å². The van der Waals surface area contributed by atoms with Gasteiger partial charge in [0.25, 0.3) is 0 Å². The number of hydrogen-bond donors (Lipinski definition) is 3. The van der Waals surface area contributed by atoms with Gasteiger partial charge in [-0.05, 0) is 32.0 Å². The molecule has 6 heteroatoms. The quantitative estimate of drug-likeness (QED) is 0.587. The maximum absolute atomic E-state index is 12.8. The van der Waals surface area contributed by atoms with Crippen LogP contribution >= 0.6 is 15.9 Å². The highest BCUT2D eigenvalue weighted by molar-refractivity contribution is 9.10. The Bertz CT molecular complexity index is 752. The number of nitrogens with one attached hydrogen (secondary N) is 3. The molecule has 126 valence electrons. The third kappa shape index (κ3) is 1.77. The fourth-order valence-corrected chi connectivity index (χ4v) is 6.47. The molecule has 4 saturated heterocycles. The number of hydrogen-bond acceptors (Lipinski definition) is 2. The molecule has 5 heterocycles. The van der Waals surface area contributed by atoms with Crippen molar-refractivity contribution in [1.29, 1.82) is 0 Å². The van der Waals surface area contributed by atoms with E-state index in [-0.39, 0.29) is 28.8 Å². The van der Waals surface area contributed by atoms with E-state index in [0.717, 1.165) is 41.9 Å². The molecule has 6 rings (SSSR count). The Morgan fingerprint density at radius 3 is 2.25 bits per heavy atom. The van der Waals surface area contributed by atoms with E-state index < -0.39 is 0 Å². The number of carbonyl (C=O) groups is 2. The van der Waals surface area contributed by atoms with Crippen LogP contribution in [0.5, 0.6) is 0 Å². The second-order valence-electron chi connectivity index (χ2n) is 8.65. The van der Waals surface area contributed by atoms with Crippen molar-refractivity contribution < 1.29 is 19.4 Å². The van der Waals surface area contributed by atoms with Gasteiger partial charge in [0.05, 0.1) is 26.2 Å². The van der Waals surface area contributed by atoms with Gasteiger partial charge in [-0.15, -0.1) is 0 Å². The summed E-state index contributed by atoms with van der Waals surface area (Å²) in [5, 5.41) is 3.06. The van der Waals surface area contributed by atoms with Gasteiger partial charge in [0.2, 0.25) is 12.1 Å². The molecule has 5 aliphatic rings. The molecule has 0 unspecified atom stereocenters. The summed E-state index contributed by atoms with van der Waals surface area (Å²) in [5.74, 6) is 0.437.